The maximum absolute atomic E-state index is 5.90. The van der Waals surface area contributed by atoms with E-state index < -0.39 is 0 Å². The van der Waals surface area contributed by atoms with Gasteiger partial charge < -0.3 is 10.1 Å². The largest absolute Gasteiger partial charge is 0.481 e. The summed E-state index contributed by atoms with van der Waals surface area (Å²) < 4.78 is 5.08. The van der Waals surface area contributed by atoms with Crippen LogP contribution in [0.4, 0.5) is 0 Å². The molecule has 3 nitrogen and oxygen atoms in total. The summed E-state index contributed by atoms with van der Waals surface area (Å²) in [6, 6.07) is 3.88. The summed E-state index contributed by atoms with van der Waals surface area (Å²) in [6.07, 6.45) is 1.16. The topological polar surface area (TPSA) is 34.1 Å². The molecule has 1 aromatic rings. The zero-order valence-corrected chi connectivity index (χ0v) is 8.84. The van der Waals surface area contributed by atoms with Crippen LogP contribution in [-0.2, 0) is 0 Å². The second-order valence-electron chi connectivity index (χ2n) is 3.46. The number of hydrogen-bond acceptors (Lipinski definition) is 3. The number of aromatic nitrogens is 1. The second-order valence-corrected chi connectivity index (χ2v) is 3.84. The highest BCUT2D eigenvalue weighted by Gasteiger charge is 2.17. The Morgan fingerprint density at radius 3 is 3.07 bits per heavy atom. The van der Waals surface area contributed by atoms with Crippen LogP contribution >= 0.6 is 11.6 Å². The lowest BCUT2D eigenvalue weighted by Crippen LogP contribution is -2.08. The summed E-state index contributed by atoms with van der Waals surface area (Å²) in [5, 5.41) is 3.83. The average Bonchev–Trinajstić information content (AvgIpc) is 2.69. The van der Waals surface area contributed by atoms with Crippen LogP contribution in [0.25, 0.3) is 0 Å². The van der Waals surface area contributed by atoms with Gasteiger partial charge in [-0.3, -0.25) is 0 Å². The molecule has 1 saturated heterocycles. The fourth-order valence-corrected chi connectivity index (χ4v) is 1.98. The molecular weight excluding hydrogens is 200 g/mol. The van der Waals surface area contributed by atoms with Crippen LogP contribution in [-0.4, -0.2) is 25.2 Å². The first-order chi connectivity index (χ1) is 6.79. The van der Waals surface area contributed by atoms with Gasteiger partial charge in [-0.05, 0) is 30.5 Å². The van der Waals surface area contributed by atoms with E-state index in [2.05, 4.69) is 10.3 Å². The number of pyridine rings is 1. The molecular formula is C10H13ClN2O. The maximum Gasteiger partial charge on any atom is 0.214 e. The van der Waals surface area contributed by atoms with Crippen molar-refractivity contribution >= 4 is 11.6 Å². The van der Waals surface area contributed by atoms with Gasteiger partial charge in [0.2, 0.25) is 5.88 Å². The van der Waals surface area contributed by atoms with Crippen molar-refractivity contribution in [1.29, 1.82) is 0 Å². The molecule has 1 aliphatic rings. The van der Waals surface area contributed by atoms with E-state index in [9.17, 15) is 0 Å². The van der Waals surface area contributed by atoms with Gasteiger partial charge in [0.1, 0.15) is 5.15 Å². The number of rotatable bonds is 2. The Balaban J connectivity index is 2.27. The number of nitrogens with one attached hydrogen (secondary N) is 1. The Bertz CT molecular complexity index is 324. The van der Waals surface area contributed by atoms with Gasteiger partial charge in [-0.2, -0.15) is 0 Å². The molecule has 0 aromatic carbocycles. The molecule has 14 heavy (non-hydrogen) atoms. The molecule has 0 saturated carbocycles. The molecule has 0 aliphatic carbocycles. The Labute approximate surface area is 88.4 Å². The van der Waals surface area contributed by atoms with Crippen LogP contribution in [0.3, 0.4) is 0 Å². The lowest BCUT2D eigenvalue weighted by Gasteiger charge is -2.10. The van der Waals surface area contributed by atoms with Crippen molar-refractivity contribution in [2.24, 2.45) is 0 Å². The molecule has 76 valence electrons. The minimum Gasteiger partial charge on any atom is -0.481 e. The van der Waals surface area contributed by atoms with E-state index in [0.29, 0.717) is 17.0 Å². The molecule has 1 N–H and O–H groups in total. The summed E-state index contributed by atoms with van der Waals surface area (Å²) in [4.78, 5) is 4.05. The zero-order valence-electron chi connectivity index (χ0n) is 8.09. The number of hydrogen-bond donors (Lipinski definition) is 1. The van der Waals surface area contributed by atoms with Crippen LogP contribution in [0.15, 0.2) is 12.1 Å². The molecule has 1 aromatic heterocycles. The smallest absolute Gasteiger partial charge is 0.214 e. The van der Waals surface area contributed by atoms with Crippen molar-refractivity contribution in [2.75, 3.05) is 20.2 Å². The van der Waals surface area contributed by atoms with Crippen molar-refractivity contribution < 1.29 is 4.74 Å². The third kappa shape index (κ3) is 1.99. The second kappa shape index (κ2) is 4.15. The minimum atomic E-state index is 0.506. The van der Waals surface area contributed by atoms with Gasteiger partial charge in [-0.25, -0.2) is 4.98 Å². The lowest BCUT2D eigenvalue weighted by atomic mass is 10.00. The fraction of sp³-hybridized carbons (Fsp3) is 0.500. The zero-order chi connectivity index (χ0) is 9.97. The number of nitrogens with zero attached hydrogens (tertiary/aromatic N) is 1. The van der Waals surface area contributed by atoms with Gasteiger partial charge >= 0.3 is 0 Å². The van der Waals surface area contributed by atoms with Crippen LogP contribution in [0.2, 0.25) is 5.15 Å². The summed E-state index contributed by atoms with van der Waals surface area (Å²) in [5.74, 6) is 1.14. The SMILES string of the molecule is COc1cc(C2CCNC2)cc(Cl)n1. The average molecular weight is 213 g/mol. The maximum atomic E-state index is 5.90. The molecule has 2 heterocycles. The van der Waals surface area contributed by atoms with Crippen LogP contribution in [0.5, 0.6) is 5.88 Å². The fourth-order valence-electron chi connectivity index (χ4n) is 1.77. The molecule has 0 radical (unpaired) electrons. The third-order valence-corrected chi connectivity index (χ3v) is 2.73. The van der Waals surface area contributed by atoms with E-state index in [0.717, 1.165) is 19.5 Å². The highest BCUT2D eigenvalue weighted by atomic mass is 35.5. The normalized spacial score (nSPS) is 21.1. The highest BCUT2D eigenvalue weighted by Crippen LogP contribution is 2.26. The molecule has 1 unspecified atom stereocenters. The number of methoxy groups -OCH3 is 1. The Kier molecular flexibility index (Phi) is 2.89. The first kappa shape index (κ1) is 9.74. The Morgan fingerprint density at radius 1 is 1.57 bits per heavy atom. The van der Waals surface area contributed by atoms with Crippen molar-refractivity contribution in [2.45, 2.75) is 12.3 Å². The minimum absolute atomic E-state index is 0.506. The molecule has 1 aliphatic heterocycles. The molecule has 0 bridgehead atoms. The highest BCUT2D eigenvalue weighted by molar-refractivity contribution is 6.29. The Hall–Kier alpha value is -0.800. The molecule has 2 rings (SSSR count). The number of halogens is 1. The summed E-state index contributed by atoms with van der Waals surface area (Å²) in [6.45, 7) is 2.09. The van der Waals surface area contributed by atoms with E-state index in [1.54, 1.807) is 7.11 Å². The van der Waals surface area contributed by atoms with E-state index in [1.807, 2.05) is 12.1 Å². The van der Waals surface area contributed by atoms with Crippen molar-refractivity contribution in [3.8, 4) is 5.88 Å². The van der Waals surface area contributed by atoms with E-state index >= 15 is 0 Å². The molecule has 0 amide bonds. The standard InChI is InChI=1S/C10H13ClN2O/c1-14-10-5-8(4-9(11)13-10)7-2-3-12-6-7/h4-5,7,12H,2-3,6H2,1H3. The number of ether oxygens (including phenoxy) is 1. The van der Waals surface area contributed by atoms with Gasteiger partial charge in [0.05, 0.1) is 7.11 Å². The van der Waals surface area contributed by atoms with E-state index in [1.165, 1.54) is 5.56 Å². The first-order valence-corrected chi connectivity index (χ1v) is 5.09. The van der Waals surface area contributed by atoms with Crippen LogP contribution in [0.1, 0.15) is 17.9 Å². The molecule has 4 heteroatoms. The molecule has 1 atom stereocenters. The van der Waals surface area contributed by atoms with Gasteiger partial charge in [-0.15, -0.1) is 0 Å². The molecule has 0 spiro atoms. The predicted octanol–water partition coefficient (Wildman–Crippen LogP) is 1.82. The molecule has 1 fully saturated rings. The predicted molar refractivity (Wildman–Crippen MR) is 56.0 cm³/mol. The van der Waals surface area contributed by atoms with Crippen LogP contribution in [0, 0.1) is 0 Å². The van der Waals surface area contributed by atoms with Crippen molar-refractivity contribution in [3.63, 3.8) is 0 Å². The van der Waals surface area contributed by atoms with Gasteiger partial charge in [0.25, 0.3) is 0 Å². The van der Waals surface area contributed by atoms with E-state index in [4.69, 9.17) is 16.3 Å². The quantitative estimate of drug-likeness (QED) is 0.760. The monoisotopic (exact) mass is 212 g/mol. The van der Waals surface area contributed by atoms with Crippen LogP contribution < -0.4 is 10.1 Å². The summed E-state index contributed by atoms with van der Waals surface area (Å²) in [7, 11) is 1.61. The van der Waals surface area contributed by atoms with Crippen molar-refractivity contribution in [3.05, 3.63) is 22.8 Å². The van der Waals surface area contributed by atoms with Gasteiger partial charge in [0.15, 0.2) is 0 Å². The lowest BCUT2D eigenvalue weighted by molar-refractivity contribution is 0.397. The van der Waals surface area contributed by atoms with E-state index in [-0.39, 0.29) is 0 Å². The van der Waals surface area contributed by atoms with Gasteiger partial charge in [0, 0.05) is 12.6 Å². The van der Waals surface area contributed by atoms with Crippen molar-refractivity contribution in [1.82, 2.24) is 10.3 Å². The summed E-state index contributed by atoms with van der Waals surface area (Å²) in [5.41, 5.74) is 1.21. The third-order valence-electron chi connectivity index (χ3n) is 2.53. The Morgan fingerprint density at radius 2 is 2.43 bits per heavy atom. The van der Waals surface area contributed by atoms with Gasteiger partial charge in [-0.1, -0.05) is 11.6 Å². The first-order valence-electron chi connectivity index (χ1n) is 4.72. The summed E-state index contributed by atoms with van der Waals surface area (Å²) >= 11 is 5.90.